The first-order chi connectivity index (χ1) is 24.1. The molecule has 2 saturated heterocycles. The average Bonchev–Trinajstić information content (AvgIpc) is 3.65. The van der Waals surface area contributed by atoms with Crippen molar-refractivity contribution in [2.45, 2.75) is 19.4 Å². The molecular weight excluding hydrogens is 676 g/mol. The maximum atomic E-state index is 15.6. The Balaban J connectivity index is 1.23. The Kier molecular flexibility index (Phi) is 9.65. The summed E-state index contributed by atoms with van der Waals surface area (Å²) in [5.41, 5.74) is 3.01. The standard InChI is InChI=1S/C36H37FN8O3S2/c1-42-17-19-43(20-18-42)29-10-8-28(9-11-29)40-36-39-23-27-22-26(7-6-25-12-15-44(16-13-25)50(2,47)48)35(46)45(33(27)41-36)24-31-30(4-3-5-32(31)37)34-38-14-21-49-34/h3-5,8-11,14,21-23,25H,12-13,15-20,24H2,1-2H3,(H,39,40,41). The van der Waals surface area contributed by atoms with E-state index in [1.165, 1.54) is 32.5 Å². The number of fused-ring (bicyclic) bond motifs is 1. The van der Waals surface area contributed by atoms with Crippen LogP contribution in [-0.2, 0) is 16.6 Å². The van der Waals surface area contributed by atoms with Gasteiger partial charge in [-0.3, -0.25) is 9.36 Å². The minimum atomic E-state index is -3.26. The predicted octanol–water partition coefficient (Wildman–Crippen LogP) is 4.62. The number of anilines is 3. The van der Waals surface area contributed by atoms with Gasteiger partial charge in [-0.1, -0.05) is 24.0 Å². The van der Waals surface area contributed by atoms with Gasteiger partial charge in [0.15, 0.2) is 0 Å². The number of likely N-dealkylation sites (N-methyl/N-ethyl adjacent to an activating group) is 1. The van der Waals surface area contributed by atoms with Crippen molar-refractivity contribution in [3.8, 4) is 22.4 Å². The van der Waals surface area contributed by atoms with Gasteiger partial charge in [-0.25, -0.2) is 27.1 Å². The summed E-state index contributed by atoms with van der Waals surface area (Å²) >= 11 is 1.39. The average molecular weight is 713 g/mol. The van der Waals surface area contributed by atoms with E-state index in [0.29, 0.717) is 59.0 Å². The first-order valence-electron chi connectivity index (χ1n) is 16.5. The van der Waals surface area contributed by atoms with Gasteiger partial charge in [-0.15, -0.1) is 11.3 Å². The fourth-order valence-corrected chi connectivity index (χ4v) is 7.92. The predicted molar refractivity (Wildman–Crippen MR) is 196 cm³/mol. The normalized spacial score (nSPS) is 16.3. The molecule has 5 aromatic rings. The molecule has 2 aliphatic rings. The molecule has 3 aromatic heterocycles. The van der Waals surface area contributed by atoms with Crippen molar-refractivity contribution in [3.63, 3.8) is 0 Å². The second-order valence-electron chi connectivity index (χ2n) is 12.7. The summed E-state index contributed by atoms with van der Waals surface area (Å²) in [6.07, 6.45) is 5.65. The lowest BCUT2D eigenvalue weighted by molar-refractivity contribution is 0.313. The number of hydrogen-bond acceptors (Lipinski definition) is 10. The molecular formula is C36H37FN8O3S2. The molecule has 258 valence electrons. The van der Waals surface area contributed by atoms with Gasteiger partial charge in [-0.05, 0) is 56.3 Å². The summed E-state index contributed by atoms with van der Waals surface area (Å²) in [6, 6.07) is 14.6. The van der Waals surface area contributed by atoms with Crippen molar-refractivity contribution < 1.29 is 12.8 Å². The summed E-state index contributed by atoms with van der Waals surface area (Å²) in [7, 11) is -1.13. The Morgan fingerprint density at radius 2 is 1.78 bits per heavy atom. The number of piperidine rings is 1. The molecule has 11 nitrogen and oxygen atoms in total. The number of nitrogens with zero attached hydrogens (tertiary/aromatic N) is 7. The van der Waals surface area contributed by atoms with Gasteiger partial charge in [0.2, 0.25) is 16.0 Å². The molecule has 5 heterocycles. The van der Waals surface area contributed by atoms with Crippen LogP contribution in [0.3, 0.4) is 0 Å². The van der Waals surface area contributed by atoms with Crippen molar-refractivity contribution in [2.75, 3.05) is 62.8 Å². The molecule has 2 fully saturated rings. The van der Waals surface area contributed by atoms with Crippen LogP contribution in [-0.4, -0.2) is 89.7 Å². The van der Waals surface area contributed by atoms with Crippen LogP contribution in [0, 0.1) is 23.6 Å². The molecule has 0 saturated carbocycles. The zero-order valence-corrected chi connectivity index (χ0v) is 29.5. The largest absolute Gasteiger partial charge is 0.369 e. The molecule has 50 heavy (non-hydrogen) atoms. The van der Waals surface area contributed by atoms with Crippen LogP contribution in [0.15, 0.2) is 71.1 Å². The second kappa shape index (κ2) is 14.3. The third-order valence-electron chi connectivity index (χ3n) is 9.25. The minimum absolute atomic E-state index is 0.0647. The topological polar surface area (TPSA) is 117 Å². The molecule has 1 N–H and O–H groups in total. The Morgan fingerprint density at radius 1 is 1.02 bits per heavy atom. The maximum absolute atomic E-state index is 15.6. The summed E-state index contributed by atoms with van der Waals surface area (Å²) in [4.78, 5) is 32.6. The fraction of sp³-hybridized carbons (Fsp3) is 0.333. The van der Waals surface area contributed by atoms with Crippen molar-refractivity contribution >= 4 is 49.7 Å². The van der Waals surface area contributed by atoms with E-state index in [1.54, 1.807) is 30.6 Å². The van der Waals surface area contributed by atoms with Gasteiger partial charge >= 0.3 is 0 Å². The number of benzene rings is 2. The first kappa shape index (κ1) is 33.8. The Labute approximate surface area is 294 Å². The molecule has 14 heteroatoms. The van der Waals surface area contributed by atoms with E-state index in [2.05, 4.69) is 56.1 Å². The van der Waals surface area contributed by atoms with Gasteiger partial charge in [0.25, 0.3) is 5.56 Å². The SMILES string of the molecule is CN1CCN(c2ccc(Nc3ncc4cc(C#CC5CCN(S(C)(=O)=O)CC5)c(=O)n(Cc5c(F)cccc5-c5nccs5)c4n3)cc2)CC1. The lowest BCUT2D eigenvalue weighted by Crippen LogP contribution is -2.44. The van der Waals surface area contributed by atoms with Crippen LogP contribution < -0.4 is 15.8 Å². The van der Waals surface area contributed by atoms with E-state index in [9.17, 15) is 13.2 Å². The van der Waals surface area contributed by atoms with E-state index < -0.39 is 21.4 Å². The number of aromatic nitrogens is 4. The van der Waals surface area contributed by atoms with E-state index in [4.69, 9.17) is 4.98 Å². The van der Waals surface area contributed by atoms with E-state index in [-0.39, 0.29) is 18.0 Å². The number of thiazole rings is 1. The molecule has 0 spiro atoms. The lowest BCUT2D eigenvalue weighted by Gasteiger charge is -2.34. The number of halogens is 1. The quantitative estimate of drug-likeness (QED) is 0.242. The van der Waals surface area contributed by atoms with Gasteiger partial charge < -0.3 is 15.1 Å². The molecule has 0 radical (unpaired) electrons. The monoisotopic (exact) mass is 712 g/mol. The van der Waals surface area contributed by atoms with Crippen LogP contribution >= 0.6 is 11.3 Å². The Bertz CT molecular complexity index is 2230. The fourth-order valence-electron chi connectivity index (χ4n) is 6.35. The Hall–Kier alpha value is -4.68. The second-order valence-corrected chi connectivity index (χ2v) is 15.6. The lowest BCUT2D eigenvalue weighted by atomic mass is 9.98. The summed E-state index contributed by atoms with van der Waals surface area (Å²) in [5.74, 6) is 6.04. The number of piperazine rings is 1. The molecule has 0 amide bonds. The minimum Gasteiger partial charge on any atom is -0.369 e. The molecule has 0 atom stereocenters. The molecule has 2 aromatic carbocycles. The van der Waals surface area contributed by atoms with Crippen molar-refractivity contribution in [2.24, 2.45) is 5.92 Å². The molecule has 0 aliphatic carbocycles. The van der Waals surface area contributed by atoms with Gasteiger partial charge in [0.05, 0.1) is 18.4 Å². The number of hydrogen-bond donors (Lipinski definition) is 1. The highest BCUT2D eigenvalue weighted by molar-refractivity contribution is 7.88. The number of sulfonamides is 1. The third-order valence-corrected chi connectivity index (χ3v) is 11.4. The summed E-state index contributed by atoms with van der Waals surface area (Å²) < 4.78 is 42.4. The van der Waals surface area contributed by atoms with E-state index in [1.807, 2.05) is 17.5 Å². The van der Waals surface area contributed by atoms with Gasteiger partial charge in [0, 0.05) is 90.8 Å². The van der Waals surface area contributed by atoms with Crippen LogP contribution in [0.2, 0.25) is 0 Å². The highest BCUT2D eigenvalue weighted by Crippen LogP contribution is 2.29. The number of rotatable bonds is 7. The van der Waals surface area contributed by atoms with Crippen LogP contribution in [0.4, 0.5) is 21.7 Å². The number of pyridine rings is 1. The van der Waals surface area contributed by atoms with Crippen LogP contribution in [0.25, 0.3) is 21.6 Å². The van der Waals surface area contributed by atoms with Crippen molar-refractivity contribution in [1.82, 2.24) is 28.7 Å². The molecule has 2 aliphatic heterocycles. The van der Waals surface area contributed by atoms with Gasteiger partial charge in [-0.2, -0.15) is 4.98 Å². The van der Waals surface area contributed by atoms with Crippen LogP contribution in [0.5, 0.6) is 0 Å². The van der Waals surface area contributed by atoms with Crippen molar-refractivity contribution in [1.29, 1.82) is 0 Å². The highest BCUT2D eigenvalue weighted by atomic mass is 32.2. The zero-order chi connectivity index (χ0) is 34.8. The maximum Gasteiger partial charge on any atom is 0.268 e. The van der Waals surface area contributed by atoms with Gasteiger partial charge in [0.1, 0.15) is 16.5 Å². The molecule has 7 rings (SSSR count). The summed E-state index contributed by atoms with van der Waals surface area (Å²) in [6.45, 7) is 4.64. The van der Waals surface area contributed by atoms with Crippen LogP contribution in [0.1, 0.15) is 24.0 Å². The van der Waals surface area contributed by atoms with Crippen molar-refractivity contribution in [3.05, 3.63) is 93.6 Å². The molecule has 0 unspecified atom stereocenters. The molecule has 0 bridgehead atoms. The number of nitrogens with one attached hydrogen (secondary N) is 1. The third kappa shape index (κ3) is 7.41. The first-order valence-corrected chi connectivity index (χ1v) is 19.2. The Morgan fingerprint density at radius 3 is 2.48 bits per heavy atom. The summed E-state index contributed by atoms with van der Waals surface area (Å²) in [5, 5.41) is 6.31. The van der Waals surface area contributed by atoms with E-state index in [0.717, 1.165) is 37.6 Å². The smallest absolute Gasteiger partial charge is 0.268 e. The zero-order valence-electron chi connectivity index (χ0n) is 27.8. The van der Waals surface area contributed by atoms with E-state index >= 15 is 4.39 Å². The highest BCUT2D eigenvalue weighted by Gasteiger charge is 2.24.